The van der Waals surface area contributed by atoms with Gasteiger partial charge in [-0.2, -0.15) is 18.3 Å². The average Bonchev–Trinajstić information content (AvgIpc) is 2.45. The molecule has 0 bridgehead atoms. The van der Waals surface area contributed by atoms with Gasteiger partial charge in [0, 0.05) is 0 Å². The van der Waals surface area contributed by atoms with Gasteiger partial charge in [-0.15, -0.1) is 0 Å². The standard InChI is InChI=1S/C7H3BrF3N3/c8-4-2-1-3-5(12-4)6(14-13-3)7(9,10)11/h1-2H,(H,13,14). The van der Waals surface area contributed by atoms with Gasteiger partial charge < -0.3 is 0 Å². The molecule has 3 nitrogen and oxygen atoms in total. The fourth-order valence-corrected chi connectivity index (χ4v) is 1.38. The predicted octanol–water partition coefficient (Wildman–Crippen LogP) is 2.74. The van der Waals surface area contributed by atoms with E-state index in [0.717, 1.165) is 0 Å². The van der Waals surface area contributed by atoms with E-state index >= 15 is 0 Å². The largest absolute Gasteiger partial charge is 0.434 e. The first-order valence-corrected chi connectivity index (χ1v) is 4.35. The summed E-state index contributed by atoms with van der Waals surface area (Å²) in [6.07, 6.45) is -4.46. The van der Waals surface area contributed by atoms with Crippen LogP contribution in [0.1, 0.15) is 5.69 Å². The molecule has 0 saturated heterocycles. The van der Waals surface area contributed by atoms with Gasteiger partial charge in [-0.05, 0) is 28.1 Å². The van der Waals surface area contributed by atoms with Crippen LogP contribution in [0.5, 0.6) is 0 Å². The zero-order valence-corrected chi connectivity index (χ0v) is 8.15. The molecular weight excluding hydrogens is 263 g/mol. The van der Waals surface area contributed by atoms with Crippen molar-refractivity contribution >= 4 is 27.0 Å². The van der Waals surface area contributed by atoms with E-state index in [9.17, 15) is 13.2 Å². The smallest absolute Gasteiger partial charge is 0.271 e. The Hall–Kier alpha value is -1.11. The summed E-state index contributed by atoms with van der Waals surface area (Å²) < 4.78 is 37.4. The Morgan fingerprint density at radius 2 is 2.00 bits per heavy atom. The Morgan fingerprint density at radius 3 is 2.64 bits per heavy atom. The number of halogens is 4. The third-order valence-corrected chi connectivity index (χ3v) is 2.09. The topological polar surface area (TPSA) is 41.6 Å². The van der Waals surface area contributed by atoms with Crippen molar-refractivity contribution in [2.24, 2.45) is 0 Å². The van der Waals surface area contributed by atoms with E-state index in [2.05, 4.69) is 26.0 Å². The van der Waals surface area contributed by atoms with Crippen LogP contribution in [0, 0.1) is 0 Å². The molecule has 0 unspecified atom stereocenters. The van der Waals surface area contributed by atoms with Crippen LogP contribution < -0.4 is 0 Å². The molecule has 0 saturated carbocycles. The highest BCUT2D eigenvalue weighted by Gasteiger charge is 2.35. The van der Waals surface area contributed by atoms with E-state index in [-0.39, 0.29) is 11.0 Å². The van der Waals surface area contributed by atoms with Crippen molar-refractivity contribution in [2.75, 3.05) is 0 Å². The third-order valence-electron chi connectivity index (χ3n) is 1.65. The molecule has 0 aliphatic carbocycles. The molecule has 74 valence electrons. The Bertz CT molecular complexity index is 476. The number of hydrogen-bond acceptors (Lipinski definition) is 2. The second-order valence-corrected chi connectivity index (χ2v) is 3.41. The van der Waals surface area contributed by atoms with E-state index in [4.69, 9.17) is 0 Å². The minimum Gasteiger partial charge on any atom is -0.271 e. The first-order chi connectivity index (χ1) is 6.48. The van der Waals surface area contributed by atoms with E-state index in [1.807, 2.05) is 5.10 Å². The number of nitrogens with zero attached hydrogens (tertiary/aromatic N) is 2. The van der Waals surface area contributed by atoms with Gasteiger partial charge in [0.25, 0.3) is 0 Å². The van der Waals surface area contributed by atoms with Crippen molar-refractivity contribution in [1.82, 2.24) is 15.2 Å². The summed E-state index contributed by atoms with van der Waals surface area (Å²) in [5, 5.41) is 5.42. The summed E-state index contributed by atoms with van der Waals surface area (Å²) in [4.78, 5) is 3.70. The van der Waals surface area contributed by atoms with E-state index in [1.165, 1.54) is 12.1 Å². The van der Waals surface area contributed by atoms with E-state index in [1.54, 1.807) is 0 Å². The molecule has 0 fully saturated rings. The first-order valence-electron chi connectivity index (χ1n) is 3.56. The van der Waals surface area contributed by atoms with Crippen molar-refractivity contribution in [3.05, 3.63) is 22.4 Å². The molecular formula is C7H3BrF3N3. The van der Waals surface area contributed by atoms with Gasteiger partial charge in [0.05, 0.1) is 0 Å². The van der Waals surface area contributed by atoms with Gasteiger partial charge in [0.2, 0.25) is 0 Å². The highest BCUT2D eigenvalue weighted by Crippen LogP contribution is 2.32. The molecule has 2 rings (SSSR count). The highest BCUT2D eigenvalue weighted by atomic mass is 79.9. The molecule has 2 aromatic rings. The van der Waals surface area contributed by atoms with Gasteiger partial charge in [-0.1, -0.05) is 0 Å². The van der Waals surface area contributed by atoms with Gasteiger partial charge in [-0.25, -0.2) is 4.98 Å². The lowest BCUT2D eigenvalue weighted by molar-refractivity contribution is -0.140. The van der Waals surface area contributed by atoms with Crippen LogP contribution in [0.4, 0.5) is 13.2 Å². The van der Waals surface area contributed by atoms with E-state index in [0.29, 0.717) is 4.60 Å². The first kappa shape index (κ1) is 9.45. The fraction of sp³-hybridized carbons (Fsp3) is 0.143. The number of aromatic nitrogens is 3. The maximum Gasteiger partial charge on any atom is 0.434 e. The molecule has 2 aromatic heterocycles. The summed E-state index contributed by atoms with van der Waals surface area (Å²) in [5.41, 5.74) is -0.902. The Balaban J connectivity index is 2.73. The summed E-state index contributed by atoms with van der Waals surface area (Å²) in [6, 6.07) is 2.99. The molecule has 0 atom stereocenters. The molecule has 0 aliphatic rings. The van der Waals surface area contributed by atoms with Gasteiger partial charge >= 0.3 is 6.18 Å². The van der Waals surface area contributed by atoms with Crippen LogP contribution in [-0.4, -0.2) is 15.2 Å². The SMILES string of the molecule is FC(F)(F)c1[nH]nc2ccc(Br)nc12. The number of alkyl halides is 3. The number of fused-ring (bicyclic) bond motifs is 1. The van der Waals surface area contributed by atoms with Crippen molar-refractivity contribution < 1.29 is 13.2 Å². The minimum absolute atomic E-state index is 0.174. The summed E-state index contributed by atoms with van der Waals surface area (Å²) in [6.45, 7) is 0. The Kier molecular flexibility index (Phi) is 1.99. The molecule has 0 aliphatic heterocycles. The average molecular weight is 266 g/mol. The summed E-state index contributed by atoms with van der Waals surface area (Å²) in [5.74, 6) is 0. The monoisotopic (exact) mass is 265 g/mol. The van der Waals surface area contributed by atoms with E-state index < -0.39 is 11.9 Å². The van der Waals surface area contributed by atoms with Crippen LogP contribution in [-0.2, 0) is 6.18 Å². The van der Waals surface area contributed by atoms with Gasteiger partial charge in [-0.3, -0.25) is 5.10 Å². The normalized spacial score (nSPS) is 12.3. The lowest BCUT2D eigenvalue weighted by Gasteiger charge is -2.01. The molecule has 0 amide bonds. The van der Waals surface area contributed by atoms with Crippen LogP contribution in [0.25, 0.3) is 11.0 Å². The van der Waals surface area contributed by atoms with Gasteiger partial charge in [0.15, 0.2) is 5.69 Å². The molecule has 1 N–H and O–H groups in total. The van der Waals surface area contributed by atoms with Crippen molar-refractivity contribution in [3.8, 4) is 0 Å². The molecule has 0 spiro atoms. The zero-order valence-electron chi connectivity index (χ0n) is 6.56. The molecule has 0 aromatic carbocycles. The Morgan fingerprint density at radius 1 is 1.29 bits per heavy atom. The summed E-state index contributed by atoms with van der Waals surface area (Å²) in [7, 11) is 0. The second kappa shape index (κ2) is 2.94. The molecule has 2 heterocycles. The van der Waals surface area contributed by atoms with Crippen LogP contribution in [0.15, 0.2) is 16.7 Å². The third kappa shape index (κ3) is 1.47. The Labute approximate surface area is 84.5 Å². The quantitative estimate of drug-likeness (QED) is 0.745. The number of H-pyrrole nitrogens is 1. The number of rotatable bonds is 0. The minimum atomic E-state index is -4.46. The lowest BCUT2D eigenvalue weighted by Crippen LogP contribution is -2.06. The maximum atomic E-state index is 12.4. The zero-order chi connectivity index (χ0) is 10.3. The fourth-order valence-electron chi connectivity index (χ4n) is 1.07. The van der Waals surface area contributed by atoms with Crippen LogP contribution in [0.2, 0.25) is 0 Å². The summed E-state index contributed by atoms with van der Waals surface area (Å²) >= 11 is 3.00. The van der Waals surface area contributed by atoms with Crippen molar-refractivity contribution in [3.63, 3.8) is 0 Å². The van der Waals surface area contributed by atoms with Crippen molar-refractivity contribution in [1.29, 1.82) is 0 Å². The second-order valence-electron chi connectivity index (χ2n) is 2.60. The maximum absolute atomic E-state index is 12.4. The van der Waals surface area contributed by atoms with Crippen LogP contribution >= 0.6 is 15.9 Å². The lowest BCUT2D eigenvalue weighted by atomic mass is 10.3. The number of nitrogens with one attached hydrogen (secondary N) is 1. The predicted molar refractivity (Wildman–Crippen MR) is 46.6 cm³/mol. The number of pyridine rings is 1. The number of aromatic amines is 1. The number of hydrogen-bond donors (Lipinski definition) is 1. The molecule has 0 radical (unpaired) electrons. The van der Waals surface area contributed by atoms with Gasteiger partial charge in [0.1, 0.15) is 15.6 Å². The molecule has 7 heteroatoms. The van der Waals surface area contributed by atoms with Crippen molar-refractivity contribution in [2.45, 2.75) is 6.18 Å². The molecule has 14 heavy (non-hydrogen) atoms. The van der Waals surface area contributed by atoms with Crippen LogP contribution in [0.3, 0.4) is 0 Å². The highest BCUT2D eigenvalue weighted by molar-refractivity contribution is 9.10.